The van der Waals surface area contributed by atoms with E-state index in [1.807, 2.05) is 6.07 Å². The molecule has 0 bridgehead atoms. The maximum Gasteiger partial charge on any atom is 0.0717 e. The van der Waals surface area contributed by atoms with Crippen molar-refractivity contribution in [1.82, 2.24) is 5.32 Å². The van der Waals surface area contributed by atoms with E-state index in [0.717, 1.165) is 25.8 Å². The predicted molar refractivity (Wildman–Crippen MR) is 80.1 cm³/mol. The maximum atomic E-state index is 5.98. The van der Waals surface area contributed by atoms with E-state index in [-0.39, 0.29) is 0 Å². The lowest BCUT2D eigenvalue weighted by Crippen LogP contribution is -2.38. The lowest BCUT2D eigenvalue weighted by atomic mass is 9.83. The van der Waals surface area contributed by atoms with E-state index in [0.29, 0.717) is 5.41 Å². The van der Waals surface area contributed by atoms with Crippen molar-refractivity contribution in [3.63, 3.8) is 0 Å². The van der Waals surface area contributed by atoms with Crippen molar-refractivity contribution < 1.29 is 4.74 Å². The van der Waals surface area contributed by atoms with Crippen LogP contribution in [0.1, 0.15) is 45.1 Å². The van der Waals surface area contributed by atoms with Crippen molar-refractivity contribution in [3.05, 3.63) is 35.9 Å². The van der Waals surface area contributed by atoms with Crippen LogP contribution in [0.25, 0.3) is 0 Å². The first-order valence-corrected chi connectivity index (χ1v) is 7.63. The van der Waals surface area contributed by atoms with E-state index < -0.39 is 0 Å². The summed E-state index contributed by atoms with van der Waals surface area (Å²) in [7, 11) is 0. The molecule has 0 spiro atoms. The Morgan fingerprint density at radius 3 is 2.42 bits per heavy atom. The van der Waals surface area contributed by atoms with Crippen LogP contribution in [0.2, 0.25) is 0 Å². The maximum absolute atomic E-state index is 5.98. The quantitative estimate of drug-likeness (QED) is 0.731. The molecule has 19 heavy (non-hydrogen) atoms. The first-order chi connectivity index (χ1) is 9.28. The highest BCUT2D eigenvalue weighted by Crippen LogP contribution is 2.28. The number of ether oxygens (including phenoxy) is 1. The van der Waals surface area contributed by atoms with Gasteiger partial charge in [0.05, 0.1) is 13.2 Å². The third-order valence-electron chi connectivity index (χ3n) is 4.36. The number of hydrogen-bond acceptors (Lipinski definition) is 2. The van der Waals surface area contributed by atoms with Crippen molar-refractivity contribution in [3.8, 4) is 0 Å². The summed E-state index contributed by atoms with van der Waals surface area (Å²) in [6, 6.07) is 11.2. The van der Waals surface area contributed by atoms with Crippen molar-refractivity contribution >= 4 is 0 Å². The first kappa shape index (κ1) is 14.5. The summed E-state index contributed by atoms with van der Waals surface area (Å²) in [4.78, 5) is 0. The molecule has 0 amide bonds. The molecule has 0 unspecified atom stereocenters. The molecular weight excluding hydrogens is 234 g/mol. The molecule has 0 radical (unpaired) electrons. The zero-order valence-corrected chi connectivity index (χ0v) is 12.3. The lowest BCUT2D eigenvalue weighted by Gasteiger charge is -2.32. The number of rotatable bonds is 9. The highest BCUT2D eigenvalue weighted by Gasteiger charge is 2.30. The monoisotopic (exact) mass is 261 g/mol. The Hall–Kier alpha value is -0.860. The van der Waals surface area contributed by atoms with Gasteiger partial charge in [0.15, 0.2) is 0 Å². The molecule has 0 aromatic heterocycles. The van der Waals surface area contributed by atoms with Crippen LogP contribution in [0.3, 0.4) is 0 Å². The van der Waals surface area contributed by atoms with Crippen LogP contribution in [0.5, 0.6) is 0 Å². The SMILES string of the molecule is CCC(CC)(CNC1CC1)COCc1ccccc1. The van der Waals surface area contributed by atoms with Crippen LogP contribution in [0.15, 0.2) is 30.3 Å². The topological polar surface area (TPSA) is 21.3 Å². The van der Waals surface area contributed by atoms with Crippen molar-refractivity contribution in [1.29, 1.82) is 0 Å². The Kier molecular flexibility index (Phi) is 5.41. The normalized spacial score (nSPS) is 15.7. The fourth-order valence-corrected chi connectivity index (χ4v) is 2.36. The summed E-state index contributed by atoms with van der Waals surface area (Å²) in [5, 5.41) is 3.67. The molecule has 106 valence electrons. The Morgan fingerprint density at radius 1 is 1.16 bits per heavy atom. The van der Waals surface area contributed by atoms with Crippen LogP contribution < -0.4 is 5.32 Å². The van der Waals surface area contributed by atoms with E-state index in [1.165, 1.54) is 31.2 Å². The molecular formula is C17H27NO. The average Bonchev–Trinajstić information content (AvgIpc) is 3.28. The van der Waals surface area contributed by atoms with Crippen LogP contribution in [-0.4, -0.2) is 19.2 Å². The van der Waals surface area contributed by atoms with Crippen LogP contribution in [0, 0.1) is 5.41 Å². The fraction of sp³-hybridized carbons (Fsp3) is 0.647. The molecule has 2 rings (SSSR count). The van der Waals surface area contributed by atoms with Gasteiger partial charge in [0.1, 0.15) is 0 Å². The highest BCUT2D eigenvalue weighted by atomic mass is 16.5. The Morgan fingerprint density at radius 2 is 1.84 bits per heavy atom. The molecule has 1 saturated carbocycles. The Bertz CT molecular complexity index is 355. The molecule has 0 aliphatic heterocycles. The van der Waals surface area contributed by atoms with E-state index in [4.69, 9.17) is 4.74 Å². The van der Waals surface area contributed by atoms with Gasteiger partial charge in [-0.1, -0.05) is 44.2 Å². The van der Waals surface area contributed by atoms with E-state index in [1.54, 1.807) is 0 Å². The van der Waals surface area contributed by atoms with Crippen LogP contribution >= 0.6 is 0 Å². The van der Waals surface area contributed by atoms with Gasteiger partial charge in [0.2, 0.25) is 0 Å². The minimum Gasteiger partial charge on any atom is -0.376 e. The molecule has 0 atom stereocenters. The molecule has 2 nitrogen and oxygen atoms in total. The molecule has 1 aromatic carbocycles. The number of benzene rings is 1. The fourth-order valence-electron chi connectivity index (χ4n) is 2.36. The van der Waals surface area contributed by atoms with Crippen molar-refractivity contribution in [2.45, 2.75) is 52.2 Å². The Balaban J connectivity index is 1.78. The minimum atomic E-state index is 0.303. The van der Waals surface area contributed by atoms with Gasteiger partial charge in [0.25, 0.3) is 0 Å². The van der Waals surface area contributed by atoms with Crippen LogP contribution in [0.4, 0.5) is 0 Å². The first-order valence-electron chi connectivity index (χ1n) is 7.63. The van der Waals surface area contributed by atoms with Gasteiger partial charge in [-0.25, -0.2) is 0 Å². The molecule has 0 heterocycles. The van der Waals surface area contributed by atoms with Gasteiger partial charge < -0.3 is 10.1 Å². The molecule has 1 N–H and O–H groups in total. The van der Waals surface area contributed by atoms with E-state index in [2.05, 4.69) is 43.4 Å². The minimum absolute atomic E-state index is 0.303. The highest BCUT2D eigenvalue weighted by molar-refractivity contribution is 5.13. The van der Waals surface area contributed by atoms with Crippen molar-refractivity contribution in [2.75, 3.05) is 13.2 Å². The van der Waals surface area contributed by atoms with Gasteiger partial charge in [-0.05, 0) is 31.2 Å². The number of nitrogens with one attached hydrogen (secondary N) is 1. The van der Waals surface area contributed by atoms with Crippen LogP contribution in [-0.2, 0) is 11.3 Å². The van der Waals surface area contributed by atoms with Gasteiger partial charge in [0, 0.05) is 18.0 Å². The Labute approximate surface area is 117 Å². The van der Waals surface area contributed by atoms with Gasteiger partial charge in [-0.3, -0.25) is 0 Å². The number of hydrogen-bond donors (Lipinski definition) is 1. The molecule has 0 saturated heterocycles. The standard InChI is InChI=1S/C17H27NO/c1-3-17(4-2,13-18-16-10-11-16)14-19-12-15-8-6-5-7-9-15/h5-9,16,18H,3-4,10-14H2,1-2H3. The summed E-state index contributed by atoms with van der Waals surface area (Å²) in [6.07, 6.45) is 5.07. The predicted octanol–water partition coefficient (Wildman–Crippen LogP) is 3.76. The van der Waals surface area contributed by atoms with E-state index >= 15 is 0 Å². The molecule has 2 heteroatoms. The second kappa shape index (κ2) is 7.06. The molecule has 1 aliphatic carbocycles. The lowest BCUT2D eigenvalue weighted by molar-refractivity contribution is 0.0278. The zero-order valence-electron chi connectivity index (χ0n) is 12.3. The van der Waals surface area contributed by atoms with E-state index in [9.17, 15) is 0 Å². The average molecular weight is 261 g/mol. The summed E-state index contributed by atoms with van der Waals surface area (Å²) in [6.45, 7) is 7.24. The molecule has 1 aliphatic rings. The third-order valence-corrected chi connectivity index (χ3v) is 4.36. The van der Waals surface area contributed by atoms with Gasteiger partial charge >= 0.3 is 0 Å². The largest absolute Gasteiger partial charge is 0.376 e. The van der Waals surface area contributed by atoms with Gasteiger partial charge in [-0.2, -0.15) is 0 Å². The smallest absolute Gasteiger partial charge is 0.0717 e. The molecule has 1 fully saturated rings. The second-order valence-electron chi connectivity index (χ2n) is 5.84. The molecule has 1 aromatic rings. The van der Waals surface area contributed by atoms with Gasteiger partial charge in [-0.15, -0.1) is 0 Å². The zero-order chi connectivity index (χ0) is 13.6. The van der Waals surface area contributed by atoms with Crippen molar-refractivity contribution in [2.24, 2.45) is 5.41 Å². The summed E-state index contributed by atoms with van der Waals surface area (Å²) in [5.74, 6) is 0. The second-order valence-corrected chi connectivity index (χ2v) is 5.84. The summed E-state index contributed by atoms with van der Waals surface area (Å²) < 4.78 is 5.98. The summed E-state index contributed by atoms with van der Waals surface area (Å²) in [5.41, 5.74) is 1.57. The third kappa shape index (κ3) is 4.63. The summed E-state index contributed by atoms with van der Waals surface area (Å²) >= 11 is 0.